The zero-order valence-electron chi connectivity index (χ0n) is 56.2. The number of aromatic nitrogens is 2. The number of rotatable bonds is 21. The fourth-order valence-corrected chi connectivity index (χ4v) is 15.7. The van der Waals surface area contributed by atoms with Gasteiger partial charge in [0.15, 0.2) is 5.79 Å². The molecule has 0 aliphatic carbocycles. The van der Waals surface area contributed by atoms with E-state index in [9.17, 15) is 29.1 Å². The number of aliphatic hydroxyl groups excluding tert-OH is 1. The number of ketones is 1. The van der Waals surface area contributed by atoms with Crippen LogP contribution in [0.25, 0.3) is 0 Å². The van der Waals surface area contributed by atoms with Crippen LogP contribution in [0.15, 0.2) is 66.1 Å². The van der Waals surface area contributed by atoms with E-state index < -0.39 is 78.3 Å². The second-order valence-electron chi connectivity index (χ2n) is 28.4. The number of alkyl carbamates (subject to hydrolysis) is 1. The van der Waals surface area contributed by atoms with Crippen molar-refractivity contribution in [1.82, 2.24) is 30.8 Å². The van der Waals surface area contributed by atoms with E-state index in [0.29, 0.717) is 74.6 Å². The van der Waals surface area contributed by atoms with Gasteiger partial charge in [0.1, 0.15) is 55.0 Å². The third-order valence-corrected chi connectivity index (χ3v) is 20.8. The molecule has 1 radical (unpaired) electrons. The molecule has 1 aromatic heterocycles. The van der Waals surface area contributed by atoms with Crippen molar-refractivity contribution in [3.05, 3.63) is 72.1 Å². The van der Waals surface area contributed by atoms with Gasteiger partial charge in [0.2, 0.25) is 17.7 Å². The Kier molecular flexibility index (Phi) is 26.3. The summed E-state index contributed by atoms with van der Waals surface area (Å²) in [5, 5.41) is 23.2. The van der Waals surface area contributed by atoms with E-state index in [0.717, 1.165) is 56.2 Å². The number of fused-ring (bicyclic) bond motifs is 6. The Balaban J connectivity index is 0.0000100. The number of carbonyl (C=O) groups excluding carboxylic acids is 5. The molecule has 10 saturated heterocycles. The molecule has 96 heavy (non-hydrogen) atoms. The SMILES string of the molecule is C=C1C[C@@H]2CC[C@@]34CC5O[C@H]6[C@@H](O3)[C@H]3O[C@H](CC[C@@H]3O[C@H]6[C@H]5O4)CC(=O)C[C@@H]3[C@@H](OC)[C@@H](C[C@H](O)CNC(=O)OCc4ccc(NC(=O)[C@H](CCCCN(C)C)NC(=O)[C@@H](NC(=O)CCCC#Cc5cnc([S-])nc5)C(C)C)cc4)O[C@H]3C[C@H]3O[C@@H](CCC1O2)C[C@@H](C)C3=C.[Tb]. The summed E-state index contributed by atoms with van der Waals surface area (Å²) in [6.45, 7) is 15.4. The molecule has 21 atom stereocenters. The Morgan fingerprint density at radius 2 is 1.54 bits per heavy atom. The van der Waals surface area contributed by atoms with E-state index in [1.54, 1.807) is 43.8 Å². The molecule has 2 unspecified atom stereocenters. The maximum atomic E-state index is 14.5. The van der Waals surface area contributed by atoms with Crippen molar-refractivity contribution in [2.24, 2.45) is 17.8 Å². The van der Waals surface area contributed by atoms with Crippen LogP contribution in [-0.4, -0.2) is 199 Å². The van der Waals surface area contributed by atoms with Crippen LogP contribution in [-0.2, 0) is 85.8 Å². The van der Waals surface area contributed by atoms with E-state index in [1.165, 1.54) is 0 Å². The second kappa shape index (κ2) is 33.9. The van der Waals surface area contributed by atoms with Crippen molar-refractivity contribution >= 4 is 47.9 Å². The molecule has 4 amide bonds. The normalized spacial score (nSPS) is 33.9. The number of aliphatic hydroxyl groups is 1. The van der Waals surface area contributed by atoms with E-state index in [-0.39, 0.29) is 167 Å². The molecular weight excluding hydrogens is 1400 g/mol. The van der Waals surface area contributed by atoms with E-state index >= 15 is 0 Å². The van der Waals surface area contributed by atoms with E-state index in [2.05, 4.69) is 68.1 Å². The standard InChI is InChI=1S/C71H99N7O16S.Tb/c1-39(2)60(77-59(81)16-11-9-10-14-44-35-72-69(95)73-36-44)68(83)76-52(15-12-13-27-78(6)7)67(82)75-45-19-17-43(18-20-45)38-86-70(84)74-37-47(80)32-57-61(85-8)51-31-46(79)30-49-22-24-54-62(89-49)66-65-64(91-54)63-58(92-65)34-71(93-63,94-66)26-25-50-29-41(4)53(87-50)23-21-48-28-40(3)42(5)55(88-48)33-56(51)90-57;/h17-20,35-36,39-40,47-58,60-66,80H,4-5,9,11-13,15-16,21-34,37-38H2,1-3,6-8H3,(H,74,84)(H,75,82)(H,76,83)(H,77,81)(H,72,73,95);/p-1/t40-,47+,48+,49-,50+,51+,52+,53?,54+,55-,56+,57-,58?,60+,61-,62+,63+,64+,65-,66+,71+;/m1./s1. The number of nitrogens with one attached hydrogen (secondary N) is 4. The largest absolute Gasteiger partial charge is 0.740 e. The van der Waals surface area contributed by atoms with Crippen LogP contribution in [0.4, 0.5) is 10.5 Å². The summed E-state index contributed by atoms with van der Waals surface area (Å²) in [5.74, 6) is 3.45. The minimum Gasteiger partial charge on any atom is -0.740 e. The molecule has 11 heterocycles. The number of unbranched alkanes of at least 4 members (excludes halogenated alkanes) is 2. The van der Waals surface area contributed by atoms with Crippen LogP contribution in [0.3, 0.4) is 0 Å². The molecule has 1 spiro atoms. The number of hydrogen-bond donors (Lipinski definition) is 5. The minimum atomic E-state index is -1.07. The molecule has 25 heteroatoms. The molecule has 10 fully saturated rings. The van der Waals surface area contributed by atoms with E-state index in [1.807, 2.05) is 27.9 Å². The number of methoxy groups -OCH3 is 1. The summed E-state index contributed by atoms with van der Waals surface area (Å²) in [6, 6.07) is 5.01. The zero-order valence-corrected chi connectivity index (χ0v) is 59.2. The van der Waals surface area contributed by atoms with Crippen LogP contribution in [0.2, 0.25) is 0 Å². The molecule has 0 saturated carbocycles. The molecule has 529 valence electrons. The summed E-state index contributed by atoms with van der Waals surface area (Å²) in [5.41, 5.74) is 3.79. The first-order chi connectivity index (χ1) is 45.7. The van der Waals surface area contributed by atoms with Gasteiger partial charge in [-0.15, -0.1) is 0 Å². The predicted molar refractivity (Wildman–Crippen MR) is 350 cm³/mol. The summed E-state index contributed by atoms with van der Waals surface area (Å²) in [4.78, 5) is 78.5. The van der Waals surface area contributed by atoms with Crippen molar-refractivity contribution in [2.45, 2.75) is 270 Å². The van der Waals surface area contributed by atoms with Gasteiger partial charge < -0.3 is 91.3 Å². The first-order valence-corrected chi connectivity index (χ1v) is 35.0. The van der Waals surface area contributed by atoms with Gasteiger partial charge in [-0.2, -0.15) is 0 Å². The average molecular weight is 1500 g/mol. The molecule has 2 aromatic rings. The van der Waals surface area contributed by atoms with Gasteiger partial charge in [0, 0.05) is 133 Å². The Labute approximate surface area is 601 Å². The quantitative estimate of drug-likeness (QED) is 0.0289. The fraction of sp³-hybridized carbons (Fsp3) is 0.704. The topological polar surface area (TPSA) is 275 Å². The molecule has 12 bridgehead atoms. The zero-order chi connectivity index (χ0) is 67.1. The van der Waals surface area contributed by atoms with Crippen molar-refractivity contribution < 1.29 is 115 Å². The molecule has 23 nitrogen and oxygen atoms in total. The number of benzene rings is 1. The molecule has 10 aliphatic heterocycles. The van der Waals surface area contributed by atoms with Crippen LogP contribution < -0.4 is 21.3 Å². The maximum absolute atomic E-state index is 14.5. The number of anilines is 1. The molecule has 5 N–H and O–H groups in total. The van der Waals surface area contributed by atoms with Gasteiger partial charge in [-0.3, -0.25) is 29.1 Å². The first kappa shape index (κ1) is 74.4. The van der Waals surface area contributed by atoms with Crippen molar-refractivity contribution in [2.75, 3.05) is 39.6 Å². The Bertz CT molecular complexity index is 3100. The van der Waals surface area contributed by atoms with Gasteiger partial charge >= 0.3 is 6.09 Å². The van der Waals surface area contributed by atoms with Gasteiger partial charge in [0.25, 0.3) is 0 Å². The van der Waals surface area contributed by atoms with Gasteiger partial charge in [-0.05, 0) is 132 Å². The first-order valence-electron chi connectivity index (χ1n) is 34.6. The third-order valence-electron chi connectivity index (χ3n) is 20.6. The number of amides is 4. The number of nitrogens with zero attached hydrogens (tertiary/aromatic N) is 3. The molecule has 10 aliphatic rings. The smallest absolute Gasteiger partial charge is 0.407 e. The molecular formula is C71H98N7O16STb-. The molecule has 1 aromatic carbocycles. The number of Topliss-reactive ketones (excluding diaryl/α,β-unsaturated/α-hetero) is 1. The van der Waals surface area contributed by atoms with Crippen LogP contribution >= 0.6 is 0 Å². The maximum Gasteiger partial charge on any atom is 0.407 e. The van der Waals surface area contributed by atoms with Gasteiger partial charge in [0.05, 0.1) is 72.7 Å². The predicted octanol–water partition coefficient (Wildman–Crippen LogP) is 6.62. The van der Waals surface area contributed by atoms with Crippen LogP contribution in [0, 0.1) is 68.2 Å². The van der Waals surface area contributed by atoms with Crippen molar-refractivity contribution in [3.63, 3.8) is 0 Å². The Hall–Kier alpha value is -4.24. The van der Waals surface area contributed by atoms with E-state index in [4.69, 9.17) is 60.0 Å². The summed E-state index contributed by atoms with van der Waals surface area (Å²) >= 11 is 4.92. The molecule has 12 rings (SSSR count). The monoisotopic (exact) mass is 1500 g/mol. The Morgan fingerprint density at radius 3 is 2.30 bits per heavy atom. The van der Waals surface area contributed by atoms with Crippen molar-refractivity contribution in [1.29, 1.82) is 0 Å². The average Bonchev–Trinajstić information content (AvgIpc) is 1.55. The summed E-state index contributed by atoms with van der Waals surface area (Å²) < 4.78 is 66.5. The second-order valence-corrected chi connectivity index (χ2v) is 28.8. The Morgan fingerprint density at radius 1 is 0.812 bits per heavy atom. The van der Waals surface area contributed by atoms with Gasteiger partial charge in [-0.1, -0.05) is 57.9 Å². The van der Waals surface area contributed by atoms with Gasteiger partial charge in [-0.25, -0.2) is 4.79 Å². The number of ether oxygens (including phenoxy) is 10. The van der Waals surface area contributed by atoms with Crippen LogP contribution in [0.1, 0.15) is 154 Å². The number of hydrogen-bond acceptors (Lipinski definition) is 20. The summed E-state index contributed by atoms with van der Waals surface area (Å²) in [7, 11) is 5.54. The fourth-order valence-electron chi connectivity index (χ4n) is 15.6. The number of carbonyl (C=O) groups is 5. The third kappa shape index (κ3) is 18.8. The minimum absolute atomic E-state index is 0. The summed E-state index contributed by atoms with van der Waals surface area (Å²) in [6.07, 6.45) is 6.96. The van der Waals surface area contributed by atoms with Crippen molar-refractivity contribution in [3.8, 4) is 11.8 Å². The van der Waals surface area contributed by atoms with Crippen LogP contribution in [0.5, 0.6) is 0 Å².